The molecular weight excluding hydrogens is 349 g/mol. The van der Waals surface area contributed by atoms with Gasteiger partial charge in [-0.3, -0.25) is 4.79 Å². The number of nitrogens with one attached hydrogen (secondary N) is 1. The smallest absolute Gasteiger partial charge is 0.255 e. The molecule has 26 heavy (non-hydrogen) atoms. The summed E-state index contributed by atoms with van der Waals surface area (Å²) in [6.45, 7) is 4.03. The van der Waals surface area contributed by atoms with Crippen molar-refractivity contribution in [3.63, 3.8) is 0 Å². The highest BCUT2D eigenvalue weighted by atomic mass is 35.5. The lowest BCUT2D eigenvalue weighted by atomic mass is 9.93. The SMILES string of the molecule is Cc1ccc(C(NC(=O)c2ccc(Cl)cc2F)c2ccccc2)c(C)c1. The highest BCUT2D eigenvalue weighted by Crippen LogP contribution is 2.26. The van der Waals surface area contributed by atoms with E-state index in [9.17, 15) is 9.18 Å². The lowest BCUT2D eigenvalue weighted by Crippen LogP contribution is -2.30. The van der Waals surface area contributed by atoms with Gasteiger partial charge in [0.05, 0.1) is 11.6 Å². The number of carbonyl (C=O) groups excluding carboxylic acids is 1. The van der Waals surface area contributed by atoms with E-state index in [2.05, 4.69) is 11.4 Å². The minimum Gasteiger partial charge on any atom is -0.341 e. The molecule has 1 N–H and O–H groups in total. The molecule has 0 aliphatic heterocycles. The molecule has 3 aromatic rings. The highest BCUT2D eigenvalue weighted by molar-refractivity contribution is 6.30. The van der Waals surface area contributed by atoms with Gasteiger partial charge < -0.3 is 5.32 Å². The van der Waals surface area contributed by atoms with Crippen molar-refractivity contribution in [1.82, 2.24) is 5.32 Å². The standard InChI is InChI=1S/C22H19ClFNO/c1-14-8-10-18(15(2)12-14)21(16-6-4-3-5-7-16)25-22(26)19-11-9-17(23)13-20(19)24/h3-13,21H,1-2H3,(H,25,26). The maximum atomic E-state index is 14.1. The van der Waals surface area contributed by atoms with Crippen molar-refractivity contribution in [3.05, 3.63) is 105 Å². The van der Waals surface area contributed by atoms with E-state index in [-0.39, 0.29) is 16.6 Å². The minimum atomic E-state index is -0.637. The Bertz CT molecular complexity index is 940. The fourth-order valence-corrected chi connectivity index (χ4v) is 3.18. The van der Waals surface area contributed by atoms with E-state index in [1.54, 1.807) is 0 Å². The van der Waals surface area contributed by atoms with Crippen molar-refractivity contribution in [2.45, 2.75) is 19.9 Å². The van der Waals surface area contributed by atoms with Crippen molar-refractivity contribution in [1.29, 1.82) is 0 Å². The summed E-state index contributed by atoms with van der Waals surface area (Å²) in [5.41, 5.74) is 4.09. The molecule has 0 saturated heterocycles. The van der Waals surface area contributed by atoms with E-state index in [4.69, 9.17) is 11.6 Å². The Labute approximate surface area is 157 Å². The molecule has 0 radical (unpaired) electrons. The molecule has 2 nitrogen and oxygen atoms in total. The van der Waals surface area contributed by atoms with Gasteiger partial charge in [-0.15, -0.1) is 0 Å². The van der Waals surface area contributed by atoms with Crippen LogP contribution in [0.25, 0.3) is 0 Å². The summed E-state index contributed by atoms with van der Waals surface area (Å²) >= 11 is 5.78. The third-order valence-corrected chi connectivity index (χ3v) is 4.56. The van der Waals surface area contributed by atoms with Crippen molar-refractivity contribution < 1.29 is 9.18 Å². The van der Waals surface area contributed by atoms with Gasteiger partial charge >= 0.3 is 0 Å². The van der Waals surface area contributed by atoms with Crippen LogP contribution in [0.3, 0.4) is 0 Å². The fraction of sp³-hybridized carbons (Fsp3) is 0.136. The number of aryl methyl sites for hydroxylation is 2. The van der Waals surface area contributed by atoms with Crippen LogP contribution in [0.2, 0.25) is 5.02 Å². The lowest BCUT2D eigenvalue weighted by molar-refractivity contribution is 0.0939. The van der Waals surface area contributed by atoms with Crippen LogP contribution in [0.1, 0.15) is 38.7 Å². The van der Waals surface area contributed by atoms with Crippen LogP contribution in [0.5, 0.6) is 0 Å². The first-order chi connectivity index (χ1) is 12.5. The van der Waals surface area contributed by atoms with Crippen molar-refractivity contribution in [2.24, 2.45) is 0 Å². The average molecular weight is 368 g/mol. The first kappa shape index (κ1) is 18.2. The molecule has 0 fully saturated rings. The molecule has 0 heterocycles. The minimum absolute atomic E-state index is 0.0277. The molecule has 0 aliphatic rings. The molecule has 0 bridgehead atoms. The summed E-state index contributed by atoms with van der Waals surface area (Å²) in [5.74, 6) is -1.12. The quantitative estimate of drug-likeness (QED) is 0.637. The maximum Gasteiger partial charge on any atom is 0.255 e. The highest BCUT2D eigenvalue weighted by Gasteiger charge is 2.21. The molecule has 1 unspecified atom stereocenters. The Hall–Kier alpha value is -2.65. The van der Waals surface area contributed by atoms with Gasteiger partial charge in [-0.25, -0.2) is 4.39 Å². The topological polar surface area (TPSA) is 29.1 Å². The third-order valence-electron chi connectivity index (χ3n) is 4.32. The van der Waals surface area contributed by atoms with Crippen LogP contribution in [0, 0.1) is 19.7 Å². The molecule has 3 rings (SSSR count). The zero-order valence-corrected chi connectivity index (χ0v) is 15.3. The van der Waals surface area contributed by atoms with Crippen molar-refractivity contribution >= 4 is 17.5 Å². The lowest BCUT2D eigenvalue weighted by Gasteiger charge is -2.22. The molecule has 1 amide bonds. The number of hydrogen-bond acceptors (Lipinski definition) is 1. The fourth-order valence-electron chi connectivity index (χ4n) is 3.02. The predicted octanol–water partition coefficient (Wildman–Crippen LogP) is 5.62. The second kappa shape index (κ2) is 7.71. The molecule has 4 heteroatoms. The zero-order valence-electron chi connectivity index (χ0n) is 14.6. The van der Waals surface area contributed by atoms with E-state index in [1.165, 1.54) is 12.1 Å². The van der Waals surface area contributed by atoms with Gasteiger partial charge in [0.25, 0.3) is 5.91 Å². The molecular formula is C22H19ClFNO. The van der Waals surface area contributed by atoms with E-state index in [1.807, 2.05) is 56.3 Å². The van der Waals surface area contributed by atoms with Gasteiger partial charge in [-0.2, -0.15) is 0 Å². The zero-order chi connectivity index (χ0) is 18.7. The summed E-state index contributed by atoms with van der Waals surface area (Å²) in [7, 11) is 0. The van der Waals surface area contributed by atoms with Gasteiger partial charge in [-0.05, 0) is 48.7 Å². The Balaban J connectivity index is 2.00. The number of carbonyl (C=O) groups is 1. The Kier molecular flexibility index (Phi) is 5.38. The molecule has 132 valence electrons. The summed E-state index contributed by atoms with van der Waals surface area (Å²) in [5, 5.41) is 3.22. The molecule has 0 saturated carbocycles. The predicted molar refractivity (Wildman–Crippen MR) is 103 cm³/mol. The molecule has 0 aromatic heterocycles. The van der Waals surface area contributed by atoms with Crippen LogP contribution in [0.15, 0.2) is 66.7 Å². The summed E-state index contributed by atoms with van der Waals surface area (Å²) in [4.78, 5) is 12.7. The molecule has 0 aliphatic carbocycles. The number of amides is 1. The normalized spacial score (nSPS) is 11.8. The van der Waals surface area contributed by atoms with Crippen LogP contribution in [0.4, 0.5) is 4.39 Å². The first-order valence-electron chi connectivity index (χ1n) is 8.33. The third kappa shape index (κ3) is 3.94. The van der Waals surface area contributed by atoms with E-state index in [0.29, 0.717) is 0 Å². The molecule has 3 aromatic carbocycles. The van der Waals surface area contributed by atoms with Gasteiger partial charge in [0, 0.05) is 5.02 Å². The molecule has 1 atom stereocenters. The van der Waals surface area contributed by atoms with Crippen molar-refractivity contribution in [3.8, 4) is 0 Å². The van der Waals surface area contributed by atoms with Crippen LogP contribution >= 0.6 is 11.6 Å². The summed E-state index contributed by atoms with van der Waals surface area (Å²) < 4.78 is 14.1. The Morgan fingerprint density at radius 3 is 2.38 bits per heavy atom. The number of benzene rings is 3. The summed E-state index contributed by atoms with van der Waals surface area (Å²) in [6, 6.07) is 19.4. The Morgan fingerprint density at radius 1 is 1.00 bits per heavy atom. The first-order valence-corrected chi connectivity index (χ1v) is 8.71. The van der Waals surface area contributed by atoms with E-state index < -0.39 is 11.7 Å². The number of rotatable bonds is 4. The van der Waals surface area contributed by atoms with E-state index in [0.717, 1.165) is 28.3 Å². The maximum absolute atomic E-state index is 14.1. The Morgan fingerprint density at radius 2 is 1.73 bits per heavy atom. The van der Waals surface area contributed by atoms with E-state index >= 15 is 0 Å². The van der Waals surface area contributed by atoms with Crippen LogP contribution < -0.4 is 5.32 Å². The molecule has 0 spiro atoms. The second-order valence-corrected chi connectivity index (χ2v) is 6.74. The number of hydrogen-bond donors (Lipinski definition) is 1. The largest absolute Gasteiger partial charge is 0.341 e. The number of halogens is 2. The summed E-state index contributed by atoms with van der Waals surface area (Å²) in [6.07, 6.45) is 0. The van der Waals surface area contributed by atoms with Crippen molar-refractivity contribution in [2.75, 3.05) is 0 Å². The van der Waals surface area contributed by atoms with Gasteiger partial charge in [0.15, 0.2) is 0 Å². The van der Waals surface area contributed by atoms with Gasteiger partial charge in [0.2, 0.25) is 0 Å². The van der Waals surface area contributed by atoms with Crippen LogP contribution in [-0.4, -0.2) is 5.91 Å². The van der Waals surface area contributed by atoms with Crippen LogP contribution in [-0.2, 0) is 0 Å². The van der Waals surface area contributed by atoms with Gasteiger partial charge in [-0.1, -0.05) is 65.7 Å². The van der Waals surface area contributed by atoms with Gasteiger partial charge in [0.1, 0.15) is 5.82 Å². The second-order valence-electron chi connectivity index (χ2n) is 6.30. The monoisotopic (exact) mass is 367 g/mol. The average Bonchev–Trinajstić information content (AvgIpc) is 2.61.